The highest BCUT2D eigenvalue weighted by Gasteiger charge is 2.33. The number of imidazole rings is 1. The second-order valence-electron chi connectivity index (χ2n) is 9.51. The van der Waals surface area contributed by atoms with Crippen molar-refractivity contribution in [3.8, 4) is 0 Å². The Labute approximate surface area is 199 Å². The van der Waals surface area contributed by atoms with Gasteiger partial charge in [-0.3, -0.25) is 4.79 Å². The van der Waals surface area contributed by atoms with Gasteiger partial charge in [0, 0.05) is 64.6 Å². The number of piperidine rings is 1. The molecule has 0 saturated carbocycles. The van der Waals surface area contributed by atoms with Crippen molar-refractivity contribution >= 4 is 28.8 Å². The standard InChI is InChI=1S/C24H31N9O/c34-23(30-12-14-31(15-13-30)24-25-8-5-9-26-24)18-6-4-10-32(16-18)21-20-22(28-17-27-21)33-11-3-1-2-7-19(33)29-20/h5,8-9,17-18H,1-4,6-7,10-16H2/t18-/m1/s1. The molecule has 0 radical (unpaired) electrons. The van der Waals surface area contributed by atoms with Crippen molar-refractivity contribution in [2.75, 3.05) is 49.1 Å². The van der Waals surface area contributed by atoms with E-state index in [2.05, 4.69) is 34.3 Å². The molecule has 0 N–H and O–H groups in total. The first-order valence-corrected chi connectivity index (χ1v) is 12.5. The van der Waals surface area contributed by atoms with Crippen LogP contribution >= 0.6 is 0 Å². The van der Waals surface area contributed by atoms with Crippen LogP contribution in [-0.2, 0) is 17.8 Å². The van der Waals surface area contributed by atoms with Crippen LogP contribution in [0.5, 0.6) is 0 Å². The molecule has 0 unspecified atom stereocenters. The van der Waals surface area contributed by atoms with Crippen molar-refractivity contribution < 1.29 is 4.79 Å². The molecule has 0 bridgehead atoms. The molecule has 3 aliphatic heterocycles. The molecule has 2 saturated heterocycles. The molecule has 6 rings (SSSR count). The van der Waals surface area contributed by atoms with Crippen LogP contribution in [-0.4, -0.2) is 79.6 Å². The minimum absolute atomic E-state index is 0.0151. The lowest BCUT2D eigenvalue weighted by Crippen LogP contribution is -2.53. The van der Waals surface area contributed by atoms with E-state index >= 15 is 0 Å². The number of aromatic nitrogens is 6. The lowest BCUT2D eigenvalue weighted by atomic mass is 9.96. The molecular weight excluding hydrogens is 430 g/mol. The van der Waals surface area contributed by atoms with E-state index in [1.807, 2.05) is 11.0 Å². The van der Waals surface area contributed by atoms with Crippen molar-refractivity contribution in [3.63, 3.8) is 0 Å². The first-order valence-electron chi connectivity index (χ1n) is 12.5. The van der Waals surface area contributed by atoms with Crippen molar-refractivity contribution in [3.05, 3.63) is 30.6 Å². The topological polar surface area (TPSA) is 96.2 Å². The normalized spacial score (nSPS) is 21.4. The van der Waals surface area contributed by atoms with Crippen LogP contribution in [0.1, 0.15) is 37.9 Å². The van der Waals surface area contributed by atoms with Crippen molar-refractivity contribution in [2.24, 2.45) is 5.92 Å². The Morgan fingerprint density at radius 3 is 2.56 bits per heavy atom. The Bertz CT molecular complexity index is 1160. The fraction of sp³-hybridized carbons (Fsp3) is 0.583. The van der Waals surface area contributed by atoms with Crippen LogP contribution in [0.3, 0.4) is 0 Å². The number of carbonyl (C=O) groups excluding carboxylic acids is 1. The Morgan fingerprint density at radius 2 is 1.71 bits per heavy atom. The molecule has 178 valence electrons. The van der Waals surface area contributed by atoms with Gasteiger partial charge in [-0.1, -0.05) is 6.42 Å². The molecule has 0 aromatic carbocycles. The maximum Gasteiger partial charge on any atom is 0.227 e. The summed E-state index contributed by atoms with van der Waals surface area (Å²) in [6.07, 6.45) is 11.7. The molecule has 1 atom stereocenters. The van der Waals surface area contributed by atoms with Crippen LogP contribution in [0.15, 0.2) is 24.8 Å². The van der Waals surface area contributed by atoms with Gasteiger partial charge in [0.15, 0.2) is 17.0 Å². The van der Waals surface area contributed by atoms with E-state index in [-0.39, 0.29) is 11.8 Å². The number of hydrogen-bond donors (Lipinski definition) is 0. The third kappa shape index (κ3) is 3.95. The fourth-order valence-corrected chi connectivity index (χ4v) is 5.57. The minimum atomic E-state index is -0.0151. The smallest absolute Gasteiger partial charge is 0.227 e. The van der Waals surface area contributed by atoms with Gasteiger partial charge in [-0.25, -0.2) is 24.9 Å². The molecule has 6 heterocycles. The SMILES string of the molecule is O=C([C@@H]1CCCN(c2ncnc3c2nc2n3CCCCC2)C1)N1CCN(c2ncccn2)CC1. The predicted molar refractivity (Wildman–Crippen MR) is 129 cm³/mol. The van der Waals surface area contributed by atoms with E-state index in [1.54, 1.807) is 18.7 Å². The number of carbonyl (C=O) groups is 1. The molecular formula is C24H31N9O. The second kappa shape index (κ2) is 9.15. The first kappa shape index (κ1) is 21.2. The molecule has 1 amide bonds. The van der Waals surface area contributed by atoms with Crippen molar-refractivity contribution in [1.82, 2.24) is 34.4 Å². The first-order chi connectivity index (χ1) is 16.8. The summed E-state index contributed by atoms with van der Waals surface area (Å²) in [5.41, 5.74) is 1.83. The molecule has 3 aromatic rings. The Morgan fingerprint density at radius 1 is 0.853 bits per heavy atom. The number of amides is 1. The van der Waals surface area contributed by atoms with Gasteiger partial charge in [0.2, 0.25) is 11.9 Å². The number of rotatable bonds is 3. The van der Waals surface area contributed by atoms with Gasteiger partial charge in [-0.2, -0.15) is 0 Å². The highest BCUT2D eigenvalue weighted by atomic mass is 16.2. The zero-order chi connectivity index (χ0) is 22.9. The molecule has 10 nitrogen and oxygen atoms in total. The van der Waals surface area contributed by atoms with Crippen LogP contribution in [0.4, 0.5) is 11.8 Å². The van der Waals surface area contributed by atoms with Crippen LogP contribution in [0.25, 0.3) is 11.2 Å². The zero-order valence-corrected chi connectivity index (χ0v) is 19.5. The summed E-state index contributed by atoms with van der Waals surface area (Å²) in [5, 5.41) is 0. The van der Waals surface area contributed by atoms with E-state index in [4.69, 9.17) is 4.98 Å². The third-order valence-electron chi connectivity index (χ3n) is 7.37. The number of anilines is 2. The van der Waals surface area contributed by atoms with Gasteiger partial charge in [-0.15, -0.1) is 0 Å². The summed E-state index contributed by atoms with van der Waals surface area (Å²) < 4.78 is 2.27. The second-order valence-corrected chi connectivity index (χ2v) is 9.51. The average Bonchev–Trinajstić information content (AvgIpc) is 3.09. The summed E-state index contributed by atoms with van der Waals surface area (Å²) in [7, 11) is 0. The zero-order valence-electron chi connectivity index (χ0n) is 19.5. The predicted octanol–water partition coefficient (Wildman–Crippen LogP) is 1.91. The van der Waals surface area contributed by atoms with Crippen LogP contribution in [0.2, 0.25) is 0 Å². The van der Waals surface area contributed by atoms with Crippen molar-refractivity contribution in [2.45, 2.75) is 45.1 Å². The Kier molecular flexibility index (Phi) is 5.72. The quantitative estimate of drug-likeness (QED) is 0.584. The third-order valence-corrected chi connectivity index (χ3v) is 7.37. The minimum Gasteiger partial charge on any atom is -0.354 e. The summed E-state index contributed by atoms with van der Waals surface area (Å²) in [6, 6.07) is 1.82. The lowest BCUT2D eigenvalue weighted by Gasteiger charge is -2.39. The van der Waals surface area contributed by atoms with Gasteiger partial charge in [0.25, 0.3) is 0 Å². The van der Waals surface area contributed by atoms with Gasteiger partial charge >= 0.3 is 0 Å². The summed E-state index contributed by atoms with van der Waals surface area (Å²) in [4.78, 5) is 42.7. The van der Waals surface area contributed by atoms with E-state index in [0.29, 0.717) is 19.6 Å². The number of aryl methyl sites for hydroxylation is 2. The number of fused-ring (bicyclic) bond motifs is 3. The fourth-order valence-electron chi connectivity index (χ4n) is 5.57. The lowest BCUT2D eigenvalue weighted by molar-refractivity contribution is -0.136. The van der Waals surface area contributed by atoms with Crippen LogP contribution in [0, 0.1) is 5.92 Å². The molecule has 34 heavy (non-hydrogen) atoms. The highest BCUT2D eigenvalue weighted by molar-refractivity contribution is 5.85. The molecule has 0 spiro atoms. The van der Waals surface area contributed by atoms with Gasteiger partial charge in [-0.05, 0) is 31.7 Å². The van der Waals surface area contributed by atoms with E-state index < -0.39 is 0 Å². The van der Waals surface area contributed by atoms with Crippen molar-refractivity contribution in [1.29, 1.82) is 0 Å². The number of nitrogens with zero attached hydrogens (tertiary/aromatic N) is 9. The summed E-state index contributed by atoms with van der Waals surface area (Å²) in [6.45, 7) is 5.51. The maximum atomic E-state index is 13.4. The molecule has 3 aliphatic rings. The largest absolute Gasteiger partial charge is 0.354 e. The number of piperazine rings is 1. The summed E-state index contributed by atoms with van der Waals surface area (Å²) >= 11 is 0. The average molecular weight is 462 g/mol. The van der Waals surface area contributed by atoms with Gasteiger partial charge < -0.3 is 19.3 Å². The van der Waals surface area contributed by atoms with E-state index in [1.165, 1.54) is 19.3 Å². The highest BCUT2D eigenvalue weighted by Crippen LogP contribution is 2.30. The number of hydrogen-bond acceptors (Lipinski definition) is 8. The molecule has 0 aliphatic carbocycles. The van der Waals surface area contributed by atoms with E-state index in [0.717, 1.165) is 74.2 Å². The molecule has 3 aromatic heterocycles. The maximum absolute atomic E-state index is 13.4. The van der Waals surface area contributed by atoms with Gasteiger partial charge in [0.05, 0.1) is 5.92 Å². The Hall–Kier alpha value is -3.30. The summed E-state index contributed by atoms with van der Waals surface area (Å²) in [5.74, 6) is 2.99. The van der Waals surface area contributed by atoms with Crippen LogP contribution < -0.4 is 9.80 Å². The monoisotopic (exact) mass is 461 g/mol. The molecule has 10 heteroatoms. The Balaban J connectivity index is 1.16. The molecule has 2 fully saturated rings. The van der Waals surface area contributed by atoms with E-state index in [9.17, 15) is 4.79 Å². The van der Waals surface area contributed by atoms with Gasteiger partial charge in [0.1, 0.15) is 12.2 Å².